The molecule has 6 nitrogen and oxygen atoms in total. The summed E-state index contributed by atoms with van der Waals surface area (Å²) in [5.74, 6) is -0.309. The quantitative estimate of drug-likeness (QED) is 0.517. The van der Waals surface area contributed by atoms with E-state index in [1.807, 2.05) is 13.0 Å². The summed E-state index contributed by atoms with van der Waals surface area (Å²) >= 11 is 0. The smallest absolute Gasteiger partial charge is 0.307 e. The lowest BCUT2D eigenvalue weighted by atomic mass is 9.94. The number of anilines is 1. The summed E-state index contributed by atoms with van der Waals surface area (Å²) in [6, 6.07) is 13.3. The maximum absolute atomic E-state index is 13.4. The first-order chi connectivity index (χ1) is 15.9. The number of para-hydroxylation sites is 1. The summed E-state index contributed by atoms with van der Waals surface area (Å²) in [4.78, 5) is 26.9. The molecule has 0 bridgehead atoms. The fourth-order valence-electron chi connectivity index (χ4n) is 4.49. The molecule has 178 valence electrons. The van der Waals surface area contributed by atoms with E-state index >= 15 is 0 Å². The summed E-state index contributed by atoms with van der Waals surface area (Å²) in [6.45, 7) is 8.65. The van der Waals surface area contributed by atoms with Crippen LogP contribution in [0.2, 0.25) is 0 Å². The fourth-order valence-corrected chi connectivity index (χ4v) is 4.49. The zero-order valence-electron chi connectivity index (χ0n) is 20.0. The topological polar surface area (TPSA) is 78.9 Å². The number of aliphatic carboxylic acids is 1. The Balaban J connectivity index is 1.90. The van der Waals surface area contributed by atoms with Crippen molar-refractivity contribution in [3.63, 3.8) is 0 Å². The van der Waals surface area contributed by atoms with Crippen LogP contribution in [-0.4, -0.2) is 36.7 Å². The molecule has 1 fully saturated rings. The molecule has 0 aliphatic carbocycles. The molecule has 1 saturated heterocycles. The molecule has 1 aliphatic rings. The summed E-state index contributed by atoms with van der Waals surface area (Å²) in [6.07, 6.45) is 4.35. The summed E-state index contributed by atoms with van der Waals surface area (Å²) in [5.41, 5.74) is 3.37. The highest BCUT2D eigenvalue weighted by atomic mass is 16.5. The van der Waals surface area contributed by atoms with Gasteiger partial charge in [0.1, 0.15) is 5.75 Å². The van der Waals surface area contributed by atoms with E-state index in [9.17, 15) is 9.59 Å². The number of nitrogens with zero attached hydrogens (tertiary/aromatic N) is 1. The van der Waals surface area contributed by atoms with Gasteiger partial charge in [-0.05, 0) is 67.9 Å². The molecule has 1 heterocycles. The van der Waals surface area contributed by atoms with Crippen LogP contribution in [0.3, 0.4) is 0 Å². The molecule has 0 spiro atoms. The predicted molar refractivity (Wildman–Crippen MR) is 131 cm³/mol. The van der Waals surface area contributed by atoms with Crippen LogP contribution < -0.4 is 15.0 Å². The molecule has 3 rings (SSSR count). The number of carboxylic acid groups (broad SMARTS) is 1. The van der Waals surface area contributed by atoms with Gasteiger partial charge in [0.25, 0.3) is 5.91 Å². The largest absolute Gasteiger partial charge is 0.493 e. The molecule has 0 unspecified atom stereocenters. The first kappa shape index (κ1) is 24.6. The van der Waals surface area contributed by atoms with E-state index in [0.29, 0.717) is 29.4 Å². The molecular formula is C27H36N2O4. The third kappa shape index (κ3) is 6.73. The molecular weight excluding hydrogens is 416 g/mol. The third-order valence-corrected chi connectivity index (χ3v) is 5.97. The molecule has 0 saturated carbocycles. The molecule has 1 atom stereocenters. The van der Waals surface area contributed by atoms with E-state index in [0.717, 1.165) is 25.1 Å². The number of hydrogen-bond acceptors (Lipinski definition) is 4. The second kappa shape index (κ2) is 11.7. The van der Waals surface area contributed by atoms with E-state index in [1.54, 1.807) is 18.2 Å². The molecule has 0 aromatic heterocycles. The number of rotatable bonds is 10. The van der Waals surface area contributed by atoms with Gasteiger partial charge < -0.3 is 20.1 Å². The van der Waals surface area contributed by atoms with Gasteiger partial charge in [-0.3, -0.25) is 9.59 Å². The highest BCUT2D eigenvalue weighted by Gasteiger charge is 2.24. The van der Waals surface area contributed by atoms with Crippen LogP contribution in [-0.2, 0) is 11.2 Å². The molecule has 2 aromatic rings. The first-order valence-corrected chi connectivity index (χ1v) is 12.0. The Labute approximate surface area is 196 Å². The van der Waals surface area contributed by atoms with Crippen molar-refractivity contribution in [3.8, 4) is 5.75 Å². The number of carbonyl (C=O) groups is 2. The minimum atomic E-state index is -0.916. The Morgan fingerprint density at radius 2 is 1.82 bits per heavy atom. The van der Waals surface area contributed by atoms with Gasteiger partial charge in [-0.25, -0.2) is 0 Å². The van der Waals surface area contributed by atoms with Crippen molar-refractivity contribution in [3.05, 3.63) is 59.2 Å². The van der Waals surface area contributed by atoms with E-state index in [2.05, 4.69) is 42.3 Å². The number of ether oxygens (including phenoxy) is 1. The highest BCUT2D eigenvalue weighted by molar-refractivity contribution is 5.97. The normalized spacial score (nSPS) is 14.7. The van der Waals surface area contributed by atoms with Gasteiger partial charge in [-0.15, -0.1) is 0 Å². The third-order valence-electron chi connectivity index (χ3n) is 5.97. The average molecular weight is 453 g/mol. The lowest BCUT2D eigenvalue weighted by molar-refractivity contribution is -0.136. The minimum absolute atomic E-state index is 0.110. The Morgan fingerprint density at radius 1 is 1.09 bits per heavy atom. The van der Waals surface area contributed by atoms with Gasteiger partial charge in [0, 0.05) is 18.8 Å². The Kier molecular flexibility index (Phi) is 8.75. The summed E-state index contributed by atoms with van der Waals surface area (Å²) < 4.78 is 5.71. The van der Waals surface area contributed by atoms with Gasteiger partial charge in [-0.2, -0.15) is 0 Å². The average Bonchev–Trinajstić information content (AvgIpc) is 2.79. The van der Waals surface area contributed by atoms with Crippen molar-refractivity contribution < 1.29 is 19.4 Å². The molecule has 2 aromatic carbocycles. The van der Waals surface area contributed by atoms with Crippen LogP contribution in [0.4, 0.5) is 5.69 Å². The Hall–Kier alpha value is -3.02. The molecule has 1 amide bonds. The van der Waals surface area contributed by atoms with Crippen molar-refractivity contribution in [1.29, 1.82) is 0 Å². The van der Waals surface area contributed by atoms with Crippen LogP contribution in [0, 0.1) is 5.92 Å². The van der Waals surface area contributed by atoms with E-state index in [1.165, 1.54) is 24.9 Å². The van der Waals surface area contributed by atoms with Gasteiger partial charge in [-0.1, -0.05) is 38.1 Å². The maximum atomic E-state index is 13.4. The predicted octanol–water partition coefficient (Wildman–Crippen LogP) is 5.22. The molecule has 1 aliphatic heterocycles. The monoisotopic (exact) mass is 452 g/mol. The zero-order valence-corrected chi connectivity index (χ0v) is 20.0. The molecule has 0 radical (unpaired) electrons. The van der Waals surface area contributed by atoms with E-state index in [4.69, 9.17) is 9.84 Å². The van der Waals surface area contributed by atoms with Gasteiger partial charge >= 0.3 is 5.97 Å². The number of carbonyl (C=O) groups excluding carboxylic acids is 1. The van der Waals surface area contributed by atoms with Crippen LogP contribution in [0.25, 0.3) is 0 Å². The van der Waals surface area contributed by atoms with Crippen molar-refractivity contribution >= 4 is 17.6 Å². The van der Waals surface area contributed by atoms with E-state index < -0.39 is 5.97 Å². The minimum Gasteiger partial charge on any atom is -0.493 e. The molecule has 33 heavy (non-hydrogen) atoms. The van der Waals surface area contributed by atoms with Crippen molar-refractivity contribution in [2.45, 2.75) is 58.9 Å². The molecule has 2 N–H and O–H groups in total. The van der Waals surface area contributed by atoms with Crippen LogP contribution in [0.1, 0.15) is 74.0 Å². The van der Waals surface area contributed by atoms with Crippen LogP contribution in [0.15, 0.2) is 42.5 Å². The number of carboxylic acids is 1. The van der Waals surface area contributed by atoms with Gasteiger partial charge in [0.15, 0.2) is 0 Å². The summed E-state index contributed by atoms with van der Waals surface area (Å²) in [5, 5.41) is 12.4. The lowest BCUT2D eigenvalue weighted by Crippen LogP contribution is -2.34. The number of amides is 1. The first-order valence-electron chi connectivity index (χ1n) is 12.0. The van der Waals surface area contributed by atoms with Crippen molar-refractivity contribution in [1.82, 2.24) is 5.32 Å². The van der Waals surface area contributed by atoms with Gasteiger partial charge in [0.05, 0.1) is 24.6 Å². The van der Waals surface area contributed by atoms with Crippen molar-refractivity contribution in [2.24, 2.45) is 5.92 Å². The van der Waals surface area contributed by atoms with Crippen molar-refractivity contribution in [2.75, 3.05) is 24.6 Å². The Bertz CT molecular complexity index is 951. The maximum Gasteiger partial charge on any atom is 0.307 e. The highest BCUT2D eigenvalue weighted by Crippen LogP contribution is 2.33. The van der Waals surface area contributed by atoms with E-state index in [-0.39, 0.29) is 18.4 Å². The van der Waals surface area contributed by atoms with Gasteiger partial charge in [0.2, 0.25) is 0 Å². The molecule has 6 heteroatoms. The number of benzene rings is 2. The van der Waals surface area contributed by atoms with Crippen LogP contribution in [0.5, 0.6) is 5.75 Å². The number of hydrogen-bond donors (Lipinski definition) is 2. The Morgan fingerprint density at radius 3 is 2.48 bits per heavy atom. The second-order valence-corrected chi connectivity index (χ2v) is 9.10. The standard InChI is InChI=1S/C27H36N2O4/c1-4-33-25-17-20(18-26(30)31)12-13-22(25)27(32)28-23(16-19(2)3)21-10-6-7-11-24(21)29-14-8-5-9-15-29/h6-7,10-13,17,19,23H,4-5,8-9,14-16,18H2,1-3H3,(H,28,32)(H,30,31)/t23-/m0/s1. The fraction of sp³-hybridized carbons (Fsp3) is 0.481. The number of piperidine rings is 1. The van der Waals surface area contributed by atoms with Crippen LogP contribution >= 0.6 is 0 Å². The second-order valence-electron chi connectivity index (χ2n) is 9.10. The summed E-state index contributed by atoms with van der Waals surface area (Å²) in [7, 11) is 0. The number of nitrogens with one attached hydrogen (secondary N) is 1. The zero-order chi connectivity index (χ0) is 23.8. The SMILES string of the molecule is CCOc1cc(CC(=O)O)ccc1C(=O)N[C@@H](CC(C)C)c1ccccc1N1CCCCC1. The lowest BCUT2D eigenvalue weighted by Gasteiger charge is -2.33.